The fourth-order valence-corrected chi connectivity index (χ4v) is 2.38. The van der Waals surface area contributed by atoms with Crippen LogP contribution in [0.3, 0.4) is 0 Å². The molecular weight excluding hydrogens is 358 g/mol. The van der Waals surface area contributed by atoms with Crippen molar-refractivity contribution in [1.29, 1.82) is 0 Å². The molecule has 0 saturated heterocycles. The van der Waals surface area contributed by atoms with Crippen LogP contribution in [0, 0.1) is 0 Å². The fourth-order valence-electron chi connectivity index (χ4n) is 2.21. The number of phenols is 1. The molecule has 2 rings (SSSR count). The number of phenolic OH excluding ortho intramolecular Hbond substituents is 1. The van der Waals surface area contributed by atoms with Gasteiger partial charge in [0.05, 0.1) is 0 Å². The summed E-state index contributed by atoms with van der Waals surface area (Å²) < 4.78 is 4.95. The molecule has 0 aliphatic heterocycles. The monoisotopic (exact) mass is 375 g/mol. The number of carbonyl (C=O) groups is 3. The van der Waals surface area contributed by atoms with Crippen LogP contribution in [-0.4, -0.2) is 35.9 Å². The van der Waals surface area contributed by atoms with E-state index in [1.165, 1.54) is 25.1 Å². The highest BCUT2D eigenvalue weighted by molar-refractivity contribution is 6.30. The molecule has 2 N–H and O–H groups in total. The lowest BCUT2D eigenvalue weighted by Crippen LogP contribution is -2.22. The number of nitrogens with one attached hydrogen (secondary N) is 1. The van der Waals surface area contributed by atoms with Gasteiger partial charge in [0.2, 0.25) is 5.91 Å². The van der Waals surface area contributed by atoms with E-state index in [1.54, 1.807) is 24.3 Å². The van der Waals surface area contributed by atoms with E-state index in [2.05, 4.69) is 5.32 Å². The van der Waals surface area contributed by atoms with E-state index in [-0.39, 0.29) is 28.0 Å². The Morgan fingerprint density at radius 1 is 1.12 bits per heavy atom. The number of hydrogen-bond acceptors (Lipinski definition) is 5. The van der Waals surface area contributed by atoms with Gasteiger partial charge >= 0.3 is 5.97 Å². The fraction of sp³-hybridized carbons (Fsp3) is 0.211. The third-order valence-corrected chi connectivity index (χ3v) is 3.81. The molecular formula is C19H18ClNO5. The van der Waals surface area contributed by atoms with Gasteiger partial charge in [0.25, 0.3) is 0 Å². The summed E-state index contributed by atoms with van der Waals surface area (Å²) in [5.74, 6) is -1.57. The van der Waals surface area contributed by atoms with Crippen LogP contribution in [0.15, 0.2) is 42.5 Å². The topological polar surface area (TPSA) is 92.7 Å². The highest BCUT2D eigenvalue weighted by Gasteiger charge is 2.15. The number of carbonyl (C=O) groups excluding carboxylic acids is 3. The van der Waals surface area contributed by atoms with Crippen molar-refractivity contribution >= 4 is 29.3 Å². The molecule has 7 heteroatoms. The van der Waals surface area contributed by atoms with Gasteiger partial charge in [-0.15, -0.1) is 0 Å². The van der Waals surface area contributed by atoms with Crippen LogP contribution in [0.25, 0.3) is 0 Å². The van der Waals surface area contributed by atoms with Crippen molar-refractivity contribution in [2.45, 2.75) is 13.3 Å². The Morgan fingerprint density at radius 3 is 2.42 bits per heavy atom. The van der Waals surface area contributed by atoms with Crippen molar-refractivity contribution in [3.63, 3.8) is 0 Å². The Hall–Kier alpha value is -2.86. The van der Waals surface area contributed by atoms with E-state index in [9.17, 15) is 19.5 Å². The van der Waals surface area contributed by atoms with Gasteiger partial charge in [-0.2, -0.15) is 0 Å². The summed E-state index contributed by atoms with van der Waals surface area (Å²) in [5.41, 5.74) is 1.32. The zero-order valence-corrected chi connectivity index (χ0v) is 14.9. The summed E-state index contributed by atoms with van der Waals surface area (Å²) in [7, 11) is 0. The Balaban J connectivity index is 1.89. The Labute approximate surface area is 155 Å². The Kier molecular flexibility index (Phi) is 6.74. The molecule has 0 fully saturated rings. The highest BCUT2D eigenvalue weighted by atomic mass is 35.5. The van der Waals surface area contributed by atoms with Gasteiger partial charge in [0, 0.05) is 24.1 Å². The molecule has 2 aromatic rings. The molecule has 0 heterocycles. The quantitative estimate of drug-likeness (QED) is 0.573. The number of benzene rings is 2. The van der Waals surface area contributed by atoms with Crippen LogP contribution >= 0.6 is 11.6 Å². The van der Waals surface area contributed by atoms with Crippen LogP contribution in [0.4, 0.5) is 0 Å². The lowest BCUT2D eigenvalue weighted by molar-refractivity contribution is -0.118. The van der Waals surface area contributed by atoms with Gasteiger partial charge in [-0.3, -0.25) is 9.59 Å². The minimum Gasteiger partial charge on any atom is -0.507 e. The standard InChI is InChI=1S/C19H18ClNO5/c1-12(22)21-9-8-13-2-4-14(5-3-13)18(24)11-26-19(25)16-7-6-15(20)10-17(16)23/h2-7,10,23H,8-9,11H2,1H3,(H,21,22). The van der Waals surface area contributed by atoms with E-state index < -0.39 is 12.6 Å². The summed E-state index contributed by atoms with van der Waals surface area (Å²) >= 11 is 5.70. The zero-order valence-electron chi connectivity index (χ0n) is 14.1. The minimum atomic E-state index is -0.806. The van der Waals surface area contributed by atoms with E-state index in [0.717, 1.165) is 5.56 Å². The number of esters is 1. The lowest BCUT2D eigenvalue weighted by atomic mass is 10.1. The summed E-state index contributed by atoms with van der Waals surface area (Å²) in [4.78, 5) is 34.9. The Bertz CT molecular complexity index is 817. The van der Waals surface area contributed by atoms with E-state index in [4.69, 9.17) is 16.3 Å². The Morgan fingerprint density at radius 2 is 1.81 bits per heavy atom. The number of amides is 1. The van der Waals surface area contributed by atoms with Crippen LogP contribution in [0.5, 0.6) is 5.75 Å². The molecule has 0 aliphatic rings. The summed E-state index contributed by atoms with van der Waals surface area (Å²) in [6.07, 6.45) is 0.652. The van der Waals surface area contributed by atoms with E-state index in [0.29, 0.717) is 18.5 Å². The van der Waals surface area contributed by atoms with Crippen LogP contribution in [-0.2, 0) is 16.0 Å². The molecule has 2 aromatic carbocycles. The second-order valence-corrected chi connectivity index (χ2v) is 6.03. The minimum absolute atomic E-state index is 0.0597. The first-order chi connectivity index (χ1) is 12.4. The van der Waals surface area contributed by atoms with Crippen molar-refractivity contribution in [3.8, 4) is 5.75 Å². The average molecular weight is 376 g/mol. The second-order valence-electron chi connectivity index (χ2n) is 5.59. The molecule has 0 aliphatic carbocycles. The maximum Gasteiger partial charge on any atom is 0.342 e. The first kappa shape index (κ1) is 19.5. The maximum atomic E-state index is 12.1. The second kappa shape index (κ2) is 9.01. The lowest BCUT2D eigenvalue weighted by Gasteiger charge is -2.07. The first-order valence-corrected chi connectivity index (χ1v) is 8.27. The number of hydrogen-bond donors (Lipinski definition) is 2. The van der Waals surface area contributed by atoms with Crippen molar-refractivity contribution in [2.75, 3.05) is 13.2 Å². The van der Waals surface area contributed by atoms with Crippen molar-refractivity contribution in [2.24, 2.45) is 0 Å². The molecule has 6 nitrogen and oxygen atoms in total. The molecule has 0 spiro atoms. The van der Waals surface area contributed by atoms with Gasteiger partial charge in [-0.25, -0.2) is 4.79 Å². The maximum absolute atomic E-state index is 12.1. The van der Waals surface area contributed by atoms with Gasteiger partial charge in [0.1, 0.15) is 11.3 Å². The molecule has 0 saturated carbocycles. The van der Waals surface area contributed by atoms with Gasteiger partial charge in [-0.05, 0) is 30.2 Å². The molecule has 0 aromatic heterocycles. The van der Waals surface area contributed by atoms with Crippen molar-refractivity contribution in [3.05, 3.63) is 64.2 Å². The molecule has 0 bridgehead atoms. The molecule has 136 valence electrons. The highest BCUT2D eigenvalue weighted by Crippen LogP contribution is 2.22. The van der Waals surface area contributed by atoms with Crippen molar-refractivity contribution < 1.29 is 24.2 Å². The largest absolute Gasteiger partial charge is 0.507 e. The molecule has 0 atom stereocenters. The van der Waals surface area contributed by atoms with Crippen LogP contribution in [0.1, 0.15) is 33.2 Å². The molecule has 1 amide bonds. The predicted molar refractivity (Wildman–Crippen MR) is 96.6 cm³/mol. The number of halogens is 1. The molecule has 26 heavy (non-hydrogen) atoms. The summed E-state index contributed by atoms with van der Waals surface area (Å²) in [6, 6.07) is 10.8. The van der Waals surface area contributed by atoms with Gasteiger partial charge in [0.15, 0.2) is 12.4 Å². The van der Waals surface area contributed by atoms with Crippen LogP contribution in [0.2, 0.25) is 5.02 Å². The van der Waals surface area contributed by atoms with Crippen LogP contribution < -0.4 is 5.32 Å². The number of rotatable bonds is 7. The average Bonchev–Trinajstić information content (AvgIpc) is 2.59. The number of ketones is 1. The molecule has 0 unspecified atom stereocenters. The van der Waals surface area contributed by atoms with E-state index in [1.807, 2.05) is 0 Å². The summed E-state index contributed by atoms with van der Waals surface area (Å²) in [6.45, 7) is 1.53. The number of Topliss-reactive ketones (excluding diaryl/α,β-unsaturated/α-hetero) is 1. The van der Waals surface area contributed by atoms with Gasteiger partial charge < -0.3 is 15.2 Å². The van der Waals surface area contributed by atoms with E-state index >= 15 is 0 Å². The third-order valence-electron chi connectivity index (χ3n) is 3.58. The van der Waals surface area contributed by atoms with Crippen molar-refractivity contribution in [1.82, 2.24) is 5.32 Å². The third kappa shape index (κ3) is 5.60. The summed E-state index contributed by atoms with van der Waals surface area (Å²) in [5, 5.41) is 12.7. The predicted octanol–water partition coefficient (Wildman–Crippen LogP) is 2.76. The zero-order chi connectivity index (χ0) is 19.1. The normalized spacial score (nSPS) is 10.2. The SMILES string of the molecule is CC(=O)NCCc1ccc(C(=O)COC(=O)c2ccc(Cl)cc2O)cc1. The van der Waals surface area contributed by atoms with Gasteiger partial charge in [-0.1, -0.05) is 35.9 Å². The number of ether oxygens (including phenoxy) is 1. The number of aromatic hydroxyl groups is 1. The smallest absolute Gasteiger partial charge is 0.342 e. The molecule has 0 radical (unpaired) electrons. The first-order valence-electron chi connectivity index (χ1n) is 7.89.